The largest absolute Gasteiger partial charge is 0.392 e. The van der Waals surface area contributed by atoms with Gasteiger partial charge in [-0.2, -0.15) is 5.10 Å². The first-order valence-corrected chi connectivity index (χ1v) is 8.80. The molecule has 2 aromatic rings. The van der Waals surface area contributed by atoms with E-state index in [0.717, 1.165) is 11.3 Å². The Hall–Kier alpha value is -1.29. The second kappa shape index (κ2) is 6.22. The maximum atomic E-state index is 12.4. The molecule has 0 aromatic carbocycles. The maximum absolute atomic E-state index is 12.4. The lowest BCUT2D eigenvalue weighted by atomic mass is 10.3. The van der Waals surface area contributed by atoms with Gasteiger partial charge in [0.1, 0.15) is 5.01 Å². The van der Waals surface area contributed by atoms with Gasteiger partial charge in [-0.25, -0.2) is 18.1 Å². The van der Waals surface area contributed by atoms with Crippen LogP contribution in [0.25, 0.3) is 0 Å². The number of hydrogen-bond donors (Lipinski definition) is 3. The summed E-state index contributed by atoms with van der Waals surface area (Å²) in [7, 11) is -3.81. The minimum Gasteiger partial charge on any atom is -0.392 e. The molecule has 116 valence electrons. The molecule has 9 heteroatoms. The van der Waals surface area contributed by atoms with Crippen LogP contribution >= 0.6 is 11.3 Å². The number of aromatic nitrogens is 3. The van der Waals surface area contributed by atoms with Crippen LogP contribution in [0.4, 0.5) is 0 Å². The predicted molar refractivity (Wildman–Crippen MR) is 79.5 cm³/mol. The van der Waals surface area contributed by atoms with Crippen LogP contribution in [0.5, 0.6) is 0 Å². The SMILES string of the molecule is CCc1cnc(C(C)NS(=O)(=O)c2n[nH]c(C)c2CO)s1. The van der Waals surface area contributed by atoms with Gasteiger partial charge >= 0.3 is 0 Å². The number of H-pyrrole nitrogens is 1. The molecule has 2 aromatic heterocycles. The lowest BCUT2D eigenvalue weighted by Gasteiger charge is -2.11. The average Bonchev–Trinajstić information content (AvgIpc) is 3.04. The molecule has 0 aliphatic heterocycles. The zero-order valence-electron chi connectivity index (χ0n) is 12.0. The van der Waals surface area contributed by atoms with Crippen LogP contribution in [-0.4, -0.2) is 28.7 Å². The number of nitrogens with zero attached hydrogens (tertiary/aromatic N) is 2. The Bertz CT molecular complexity index is 721. The van der Waals surface area contributed by atoms with Crippen LogP contribution < -0.4 is 4.72 Å². The minimum atomic E-state index is -3.81. The molecule has 0 aliphatic rings. The molecule has 3 N–H and O–H groups in total. The van der Waals surface area contributed by atoms with E-state index in [2.05, 4.69) is 19.9 Å². The molecular formula is C12H18N4O3S2. The quantitative estimate of drug-likeness (QED) is 0.739. The number of thiazole rings is 1. The maximum Gasteiger partial charge on any atom is 0.260 e. The van der Waals surface area contributed by atoms with Gasteiger partial charge in [0.05, 0.1) is 12.6 Å². The van der Waals surface area contributed by atoms with Crippen LogP contribution in [0.3, 0.4) is 0 Å². The first kappa shape index (κ1) is 16.1. The Balaban J connectivity index is 2.24. The summed E-state index contributed by atoms with van der Waals surface area (Å²) in [6.07, 6.45) is 2.62. The van der Waals surface area contributed by atoms with Gasteiger partial charge in [0.25, 0.3) is 10.0 Å². The van der Waals surface area contributed by atoms with Crippen LogP contribution in [-0.2, 0) is 23.1 Å². The summed E-state index contributed by atoms with van der Waals surface area (Å²) in [5.41, 5.74) is 0.816. The van der Waals surface area contributed by atoms with Crippen molar-refractivity contribution >= 4 is 21.4 Å². The Labute approximate surface area is 127 Å². The fourth-order valence-electron chi connectivity index (χ4n) is 1.86. The van der Waals surface area contributed by atoms with Crippen LogP contribution in [0, 0.1) is 6.92 Å². The number of aryl methyl sites for hydroxylation is 2. The molecule has 0 spiro atoms. The van der Waals surface area contributed by atoms with Crippen molar-refractivity contribution in [3.05, 3.63) is 27.3 Å². The van der Waals surface area contributed by atoms with Crippen molar-refractivity contribution < 1.29 is 13.5 Å². The van der Waals surface area contributed by atoms with E-state index in [0.29, 0.717) is 10.7 Å². The molecular weight excluding hydrogens is 312 g/mol. The van der Waals surface area contributed by atoms with Crippen molar-refractivity contribution in [3.63, 3.8) is 0 Å². The number of nitrogens with one attached hydrogen (secondary N) is 2. The summed E-state index contributed by atoms with van der Waals surface area (Å²) < 4.78 is 27.3. The van der Waals surface area contributed by atoms with Crippen molar-refractivity contribution in [1.29, 1.82) is 0 Å². The van der Waals surface area contributed by atoms with Crippen molar-refractivity contribution in [2.45, 2.75) is 44.9 Å². The van der Waals surface area contributed by atoms with Gasteiger partial charge in [0.2, 0.25) is 0 Å². The van der Waals surface area contributed by atoms with Gasteiger partial charge in [-0.3, -0.25) is 5.10 Å². The zero-order chi connectivity index (χ0) is 15.6. The van der Waals surface area contributed by atoms with E-state index in [-0.39, 0.29) is 17.2 Å². The summed E-state index contributed by atoms with van der Waals surface area (Å²) >= 11 is 1.48. The molecule has 0 saturated heterocycles. The molecule has 2 rings (SSSR count). The highest BCUT2D eigenvalue weighted by Gasteiger charge is 2.26. The molecule has 7 nitrogen and oxygen atoms in total. The standard InChI is InChI=1S/C12H18N4O3S2/c1-4-9-5-13-11(20-9)8(3)16-21(18,19)12-10(6-17)7(2)14-15-12/h5,8,16-17H,4,6H2,1-3H3,(H,14,15). The molecule has 0 amide bonds. The smallest absolute Gasteiger partial charge is 0.260 e. The Morgan fingerprint density at radius 1 is 1.52 bits per heavy atom. The molecule has 21 heavy (non-hydrogen) atoms. The number of rotatable bonds is 6. The molecule has 1 atom stereocenters. The van der Waals surface area contributed by atoms with Crippen LogP contribution in [0.15, 0.2) is 11.2 Å². The highest BCUT2D eigenvalue weighted by atomic mass is 32.2. The number of hydrogen-bond acceptors (Lipinski definition) is 6. The lowest BCUT2D eigenvalue weighted by molar-refractivity contribution is 0.277. The highest BCUT2D eigenvalue weighted by molar-refractivity contribution is 7.89. The third-order valence-corrected chi connectivity index (χ3v) is 5.91. The Kier molecular flexibility index (Phi) is 4.77. The molecule has 0 fully saturated rings. The van der Waals surface area contributed by atoms with Gasteiger partial charge < -0.3 is 5.11 Å². The molecule has 1 unspecified atom stereocenters. The fraction of sp³-hybridized carbons (Fsp3) is 0.500. The topological polar surface area (TPSA) is 108 Å². The highest BCUT2D eigenvalue weighted by Crippen LogP contribution is 2.23. The minimum absolute atomic E-state index is 0.165. The van der Waals surface area contributed by atoms with Gasteiger partial charge in [0, 0.05) is 22.3 Å². The van der Waals surface area contributed by atoms with Crippen molar-refractivity contribution in [1.82, 2.24) is 19.9 Å². The summed E-state index contributed by atoms with van der Waals surface area (Å²) in [5, 5.41) is 16.2. The van der Waals surface area contributed by atoms with Crippen molar-refractivity contribution in [2.75, 3.05) is 0 Å². The summed E-state index contributed by atoms with van der Waals surface area (Å²) in [4.78, 5) is 5.33. The monoisotopic (exact) mass is 330 g/mol. The van der Waals surface area contributed by atoms with Gasteiger partial charge in [-0.15, -0.1) is 11.3 Å². The predicted octanol–water partition coefficient (Wildman–Crippen LogP) is 1.27. The van der Waals surface area contributed by atoms with E-state index < -0.39 is 16.1 Å². The summed E-state index contributed by atoms with van der Waals surface area (Å²) in [5.74, 6) is 0. The first-order chi connectivity index (χ1) is 9.89. The van der Waals surface area contributed by atoms with Crippen LogP contribution in [0.2, 0.25) is 0 Å². The van der Waals surface area contributed by atoms with E-state index in [9.17, 15) is 13.5 Å². The zero-order valence-corrected chi connectivity index (χ0v) is 13.7. The Morgan fingerprint density at radius 3 is 2.81 bits per heavy atom. The molecule has 2 heterocycles. The van der Waals surface area contributed by atoms with Gasteiger partial charge in [-0.05, 0) is 20.3 Å². The van der Waals surface area contributed by atoms with Crippen molar-refractivity contribution in [3.8, 4) is 0 Å². The molecule has 0 radical (unpaired) electrons. The van der Waals surface area contributed by atoms with E-state index in [1.54, 1.807) is 20.0 Å². The van der Waals surface area contributed by atoms with E-state index in [1.807, 2.05) is 6.92 Å². The van der Waals surface area contributed by atoms with Gasteiger partial charge in [-0.1, -0.05) is 6.92 Å². The number of sulfonamides is 1. The van der Waals surface area contributed by atoms with E-state index >= 15 is 0 Å². The summed E-state index contributed by atoms with van der Waals surface area (Å²) in [6.45, 7) is 5.03. The Morgan fingerprint density at radius 2 is 2.24 bits per heavy atom. The van der Waals surface area contributed by atoms with Gasteiger partial charge in [0.15, 0.2) is 5.03 Å². The third kappa shape index (κ3) is 3.31. The third-order valence-electron chi connectivity index (χ3n) is 3.07. The second-order valence-electron chi connectivity index (χ2n) is 4.65. The average molecular weight is 330 g/mol. The molecule has 0 saturated carbocycles. The normalized spacial score (nSPS) is 13.5. The second-order valence-corrected chi connectivity index (χ2v) is 7.43. The fourth-order valence-corrected chi connectivity index (χ4v) is 4.19. The molecule has 0 aliphatic carbocycles. The number of aromatic amines is 1. The molecule has 0 bridgehead atoms. The first-order valence-electron chi connectivity index (χ1n) is 6.50. The number of aliphatic hydroxyl groups excluding tert-OH is 1. The van der Waals surface area contributed by atoms with E-state index in [1.165, 1.54) is 11.3 Å². The summed E-state index contributed by atoms with van der Waals surface area (Å²) in [6, 6.07) is -0.455. The number of aliphatic hydroxyl groups is 1. The van der Waals surface area contributed by atoms with Crippen LogP contribution in [0.1, 0.15) is 41.0 Å². The lowest BCUT2D eigenvalue weighted by Crippen LogP contribution is -2.28. The van der Waals surface area contributed by atoms with Crippen molar-refractivity contribution in [2.24, 2.45) is 0 Å². The van der Waals surface area contributed by atoms with E-state index in [4.69, 9.17) is 0 Å².